The second kappa shape index (κ2) is 8.02. The molecule has 4 rings (SSSR count). The first-order valence-electron chi connectivity index (χ1n) is 9.59. The van der Waals surface area contributed by atoms with E-state index in [4.69, 9.17) is 5.73 Å². The number of nitrogens with one attached hydrogen (secondary N) is 1. The monoisotopic (exact) mass is 464 g/mol. The molecule has 164 valence electrons. The average Bonchev–Trinajstić information content (AvgIpc) is 3.43. The van der Waals surface area contributed by atoms with Crippen molar-refractivity contribution in [1.82, 2.24) is 14.2 Å². The van der Waals surface area contributed by atoms with Gasteiger partial charge in [-0.2, -0.15) is 4.31 Å². The quantitative estimate of drug-likeness (QED) is 0.600. The number of primary amides is 1. The van der Waals surface area contributed by atoms with E-state index in [2.05, 4.69) is 4.98 Å². The summed E-state index contributed by atoms with van der Waals surface area (Å²) in [5, 5.41) is 1.72. The number of aromatic amines is 1. The SMILES string of the molecule is NC(=O)c1ccsc1CCC(=O)N1CCC2C1C(=O)CN2S(=O)(=O)c1ccc[nH]c1=O. The molecule has 12 heteroatoms. The number of Topliss-reactive ketones (excluding diaryl/α,β-unsaturated/α-hetero) is 1. The highest BCUT2D eigenvalue weighted by Crippen LogP contribution is 2.34. The summed E-state index contributed by atoms with van der Waals surface area (Å²) >= 11 is 1.33. The molecule has 2 amide bonds. The Labute approximate surface area is 181 Å². The summed E-state index contributed by atoms with van der Waals surface area (Å²) in [6, 6.07) is 2.63. The zero-order valence-electron chi connectivity index (χ0n) is 16.3. The Morgan fingerprint density at radius 1 is 1.26 bits per heavy atom. The number of aromatic nitrogens is 1. The third kappa shape index (κ3) is 3.70. The van der Waals surface area contributed by atoms with Crippen molar-refractivity contribution in [3.05, 3.63) is 50.6 Å². The Kier molecular flexibility index (Phi) is 5.54. The molecule has 2 saturated heterocycles. The highest BCUT2D eigenvalue weighted by molar-refractivity contribution is 7.89. The van der Waals surface area contributed by atoms with E-state index in [1.165, 1.54) is 34.6 Å². The average molecular weight is 465 g/mol. The van der Waals surface area contributed by atoms with Gasteiger partial charge < -0.3 is 15.6 Å². The van der Waals surface area contributed by atoms with E-state index in [9.17, 15) is 27.6 Å². The van der Waals surface area contributed by atoms with Crippen molar-refractivity contribution >= 4 is 39.0 Å². The first-order valence-corrected chi connectivity index (χ1v) is 11.9. The van der Waals surface area contributed by atoms with Crippen molar-refractivity contribution in [1.29, 1.82) is 0 Å². The maximum Gasteiger partial charge on any atom is 0.268 e. The number of aryl methyl sites for hydroxylation is 1. The van der Waals surface area contributed by atoms with Gasteiger partial charge in [0.1, 0.15) is 10.9 Å². The Balaban J connectivity index is 1.51. The van der Waals surface area contributed by atoms with E-state index < -0.39 is 38.5 Å². The van der Waals surface area contributed by atoms with Crippen LogP contribution in [0.5, 0.6) is 0 Å². The number of nitrogens with two attached hydrogens (primary N) is 1. The van der Waals surface area contributed by atoms with E-state index in [1.54, 1.807) is 11.4 Å². The van der Waals surface area contributed by atoms with Crippen LogP contribution in [0.15, 0.2) is 39.5 Å². The van der Waals surface area contributed by atoms with Crippen LogP contribution in [0.2, 0.25) is 0 Å². The standard InChI is InChI=1S/C19H20N4O6S2/c20-18(26)11-6-9-30-14(11)3-4-16(25)22-8-5-12-17(22)13(24)10-23(12)31(28,29)15-2-1-7-21-19(15)27/h1-2,6-7,9,12,17H,3-5,8,10H2,(H2,20,26)(H,21,27). The van der Waals surface area contributed by atoms with Crippen molar-refractivity contribution in [2.45, 2.75) is 36.2 Å². The minimum Gasteiger partial charge on any atom is -0.366 e. The van der Waals surface area contributed by atoms with Crippen molar-refractivity contribution in [3.8, 4) is 0 Å². The number of carbonyl (C=O) groups is 3. The lowest BCUT2D eigenvalue weighted by atomic mass is 10.1. The first-order chi connectivity index (χ1) is 14.7. The summed E-state index contributed by atoms with van der Waals surface area (Å²) in [5.41, 5.74) is 4.95. The van der Waals surface area contributed by atoms with Crippen LogP contribution in [0, 0.1) is 0 Å². The number of H-pyrrole nitrogens is 1. The third-order valence-electron chi connectivity index (χ3n) is 5.64. The van der Waals surface area contributed by atoms with Gasteiger partial charge in [0, 0.05) is 24.0 Å². The van der Waals surface area contributed by atoms with Gasteiger partial charge in [0.2, 0.25) is 21.8 Å². The van der Waals surface area contributed by atoms with Crippen molar-refractivity contribution in [2.24, 2.45) is 5.73 Å². The Morgan fingerprint density at radius 2 is 2.03 bits per heavy atom. The van der Waals surface area contributed by atoms with E-state index in [0.29, 0.717) is 23.3 Å². The molecule has 0 bridgehead atoms. The third-order valence-corrected chi connectivity index (χ3v) is 8.52. The number of pyridine rings is 1. The maximum atomic E-state index is 13.0. The molecule has 10 nitrogen and oxygen atoms in total. The summed E-state index contributed by atoms with van der Waals surface area (Å²) < 4.78 is 27.1. The molecule has 2 aliphatic heterocycles. The van der Waals surface area contributed by atoms with Crippen LogP contribution in [0.1, 0.15) is 28.1 Å². The minimum atomic E-state index is -4.19. The molecule has 0 radical (unpaired) electrons. The number of ketones is 1. The molecule has 2 aromatic rings. The molecule has 0 saturated carbocycles. The van der Waals surface area contributed by atoms with E-state index in [0.717, 1.165) is 4.31 Å². The molecular formula is C19H20N4O6S2. The first kappa shape index (κ1) is 21.4. The van der Waals surface area contributed by atoms with Gasteiger partial charge in [0.05, 0.1) is 18.2 Å². The molecule has 2 aliphatic rings. The van der Waals surface area contributed by atoms with Crippen molar-refractivity contribution in [2.75, 3.05) is 13.1 Å². The number of rotatable bonds is 6. The molecule has 3 N–H and O–H groups in total. The van der Waals surface area contributed by atoms with Gasteiger partial charge in [-0.15, -0.1) is 11.3 Å². The fourth-order valence-corrected chi connectivity index (χ4v) is 6.78. The number of amides is 2. The van der Waals surface area contributed by atoms with Gasteiger partial charge in [-0.3, -0.25) is 19.2 Å². The topological polar surface area (TPSA) is 151 Å². The van der Waals surface area contributed by atoms with Gasteiger partial charge in [-0.05, 0) is 36.4 Å². The molecule has 2 unspecified atom stereocenters. The lowest BCUT2D eigenvalue weighted by molar-refractivity contribution is -0.136. The molecule has 0 aliphatic carbocycles. The highest BCUT2D eigenvalue weighted by Gasteiger charge is 2.53. The highest BCUT2D eigenvalue weighted by atomic mass is 32.2. The lowest BCUT2D eigenvalue weighted by Gasteiger charge is -2.24. The molecule has 2 atom stereocenters. The van der Waals surface area contributed by atoms with Gasteiger partial charge >= 0.3 is 0 Å². The molecule has 0 spiro atoms. The number of hydrogen-bond acceptors (Lipinski definition) is 7. The van der Waals surface area contributed by atoms with Crippen LogP contribution in [0.25, 0.3) is 0 Å². The van der Waals surface area contributed by atoms with Crippen LogP contribution in [0.3, 0.4) is 0 Å². The summed E-state index contributed by atoms with van der Waals surface area (Å²) in [5.74, 6) is -1.23. The number of fused-ring (bicyclic) bond motifs is 1. The number of hydrogen-bond donors (Lipinski definition) is 2. The molecular weight excluding hydrogens is 444 g/mol. The van der Waals surface area contributed by atoms with Crippen LogP contribution in [-0.4, -0.2) is 65.4 Å². The van der Waals surface area contributed by atoms with Gasteiger partial charge in [-0.1, -0.05) is 0 Å². The smallest absolute Gasteiger partial charge is 0.268 e. The lowest BCUT2D eigenvalue weighted by Crippen LogP contribution is -2.44. The van der Waals surface area contributed by atoms with Crippen LogP contribution in [-0.2, 0) is 26.0 Å². The van der Waals surface area contributed by atoms with Crippen LogP contribution < -0.4 is 11.3 Å². The summed E-state index contributed by atoms with van der Waals surface area (Å²) in [6.07, 6.45) is 2.00. The summed E-state index contributed by atoms with van der Waals surface area (Å²) in [6.45, 7) is -0.142. The number of thiophene rings is 1. The van der Waals surface area contributed by atoms with Crippen molar-refractivity contribution in [3.63, 3.8) is 0 Å². The zero-order chi connectivity index (χ0) is 22.3. The second-order valence-corrected chi connectivity index (χ2v) is 10.2. The van der Waals surface area contributed by atoms with Gasteiger partial charge in [-0.25, -0.2) is 8.42 Å². The number of carbonyl (C=O) groups excluding carboxylic acids is 3. The minimum absolute atomic E-state index is 0.0718. The number of sulfonamides is 1. The molecule has 0 aromatic carbocycles. The maximum absolute atomic E-state index is 13.0. The molecule has 2 aromatic heterocycles. The van der Waals surface area contributed by atoms with Crippen molar-refractivity contribution < 1.29 is 22.8 Å². The fraction of sp³-hybridized carbons (Fsp3) is 0.368. The predicted octanol–water partition coefficient (Wildman–Crippen LogP) is -0.289. The largest absolute Gasteiger partial charge is 0.366 e. The molecule has 31 heavy (non-hydrogen) atoms. The number of likely N-dealkylation sites (tertiary alicyclic amines) is 1. The van der Waals surface area contributed by atoms with Crippen LogP contribution >= 0.6 is 11.3 Å². The van der Waals surface area contributed by atoms with E-state index in [-0.39, 0.29) is 31.2 Å². The second-order valence-electron chi connectivity index (χ2n) is 7.39. The normalized spacial score (nSPS) is 21.4. The fourth-order valence-electron chi connectivity index (χ4n) is 4.23. The Morgan fingerprint density at radius 3 is 2.74 bits per heavy atom. The van der Waals surface area contributed by atoms with E-state index in [1.807, 2.05) is 0 Å². The Hall–Kier alpha value is -2.83. The number of nitrogens with zero attached hydrogens (tertiary/aromatic N) is 2. The summed E-state index contributed by atoms with van der Waals surface area (Å²) in [7, 11) is -4.19. The zero-order valence-corrected chi connectivity index (χ0v) is 17.9. The molecule has 2 fully saturated rings. The Bertz CT molecular complexity index is 1220. The van der Waals surface area contributed by atoms with Crippen LogP contribution in [0.4, 0.5) is 0 Å². The molecule has 4 heterocycles. The van der Waals surface area contributed by atoms with Gasteiger partial charge in [0.25, 0.3) is 5.56 Å². The van der Waals surface area contributed by atoms with Gasteiger partial charge in [0.15, 0.2) is 5.78 Å². The summed E-state index contributed by atoms with van der Waals surface area (Å²) in [4.78, 5) is 53.0. The predicted molar refractivity (Wildman–Crippen MR) is 111 cm³/mol. The van der Waals surface area contributed by atoms with E-state index >= 15 is 0 Å².